The van der Waals surface area contributed by atoms with E-state index in [9.17, 15) is 8.42 Å². The van der Waals surface area contributed by atoms with E-state index in [1.165, 1.54) is 26.4 Å². The van der Waals surface area contributed by atoms with Crippen molar-refractivity contribution in [2.24, 2.45) is 0 Å². The van der Waals surface area contributed by atoms with Gasteiger partial charge in [0.25, 0.3) is 0 Å². The maximum atomic E-state index is 11.8. The van der Waals surface area contributed by atoms with E-state index in [1.54, 1.807) is 6.07 Å². The van der Waals surface area contributed by atoms with Crippen molar-refractivity contribution in [2.75, 3.05) is 27.2 Å². The monoisotopic (exact) mass is 287 g/mol. The van der Waals surface area contributed by atoms with E-state index in [0.717, 1.165) is 10.8 Å². The van der Waals surface area contributed by atoms with Gasteiger partial charge in [-0.05, 0) is 6.07 Å². The summed E-state index contributed by atoms with van der Waals surface area (Å²) in [6, 6.07) is 3.46. The van der Waals surface area contributed by atoms with Gasteiger partial charge in [-0.3, -0.25) is 0 Å². The number of hydrogen-bond acceptors (Lipinski definition) is 5. The SMILES string of the molecule is CC(C)NCCOc1ccc(S(=O)(=O)N(C)C)cn1. The lowest BCUT2D eigenvalue weighted by Gasteiger charge is -2.12. The molecule has 6 nitrogen and oxygen atoms in total. The molecule has 0 aliphatic rings. The van der Waals surface area contributed by atoms with E-state index in [2.05, 4.69) is 24.1 Å². The molecule has 0 saturated carbocycles. The zero-order valence-electron chi connectivity index (χ0n) is 11.8. The smallest absolute Gasteiger partial charge is 0.244 e. The number of sulfonamides is 1. The molecule has 0 aliphatic heterocycles. The highest BCUT2D eigenvalue weighted by molar-refractivity contribution is 7.89. The number of aromatic nitrogens is 1. The normalized spacial score (nSPS) is 12.1. The molecule has 7 heteroatoms. The van der Waals surface area contributed by atoms with Crippen molar-refractivity contribution in [2.45, 2.75) is 24.8 Å². The lowest BCUT2D eigenvalue weighted by molar-refractivity contribution is 0.297. The molecule has 0 fully saturated rings. The first-order valence-corrected chi connectivity index (χ1v) is 7.53. The molecule has 0 bridgehead atoms. The van der Waals surface area contributed by atoms with Gasteiger partial charge in [0.05, 0.1) is 6.20 Å². The average molecular weight is 287 g/mol. The zero-order chi connectivity index (χ0) is 14.5. The fourth-order valence-electron chi connectivity index (χ4n) is 1.32. The van der Waals surface area contributed by atoms with E-state index < -0.39 is 10.0 Å². The maximum Gasteiger partial charge on any atom is 0.244 e. The summed E-state index contributed by atoms with van der Waals surface area (Å²) in [7, 11) is -0.460. The van der Waals surface area contributed by atoms with E-state index >= 15 is 0 Å². The van der Waals surface area contributed by atoms with Crippen molar-refractivity contribution in [1.29, 1.82) is 0 Å². The summed E-state index contributed by atoms with van der Waals surface area (Å²) in [5, 5.41) is 3.21. The summed E-state index contributed by atoms with van der Waals surface area (Å²) in [4.78, 5) is 4.15. The van der Waals surface area contributed by atoms with Gasteiger partial charge in [0.1, 0.15) is 11.5 Å². The van der Waals surface area contributed by atoms with Crippen LogP contribution in [-0.2, 0) is 10.0 Å². The predicted octanol–water partition coefficient (Wildman–Crippen LogP) is 0.709. The van der Waals surface area contributed by atoms with Gasteiger partial charge in [-0.25, -0.2) is 17.7 Å². The molecular weight excluding hydrogens is 266 g/mol. The summed E-state index contributed by atoms with van der Waals surface area (Å²) < 4.78 is 30.2. The van der Waals surface area contributed by atoms with Crippen LogP contribution >= 0.6 is 0 Å². The van der Waals surface area contributed by atoms with Crippen LogP contribution in [0.3, 0.4) is 0 Å². The van der Waals surface area contributed by atoms with Crippen molar-refractivity contribution in [3.63, 3.8) is 0 Å². The Kier molecular flexibility index (Phi) is 5.71. The minimum atomic E-state index is -3.43. The summed E-state index contributed by atoms with van der Waals surface area (Å²) in [5.41, 5.74) is 0. The van der Waals surface area contributed by atoms with Gasteiger partial charge >= 0.3 is 0 Å². The average Bonchev–Trinajstić information content (AvgIpc) is 2.35. The second-order valence-corrected chi connectivity index (χ2v) is 6.73. The topological polar surface area (TPSA) is 71.5 Å². The van der Waals surface area contributed by atoms with Crippen LogP contribution in [-0.4, -0.2) is 51.0 Å². The Labute approximate surface area is 114 Å². The molecule has 1 heterocycles. The molecule has 0 aliphatic carbocycles. The standard InChI is InChI=1S/C12H21N3O3S/c1-10(2)13-7-8-18-12-6-5-11(9-14-12)19(16,17)15(3)4/h5-6,9-10,13H,7-8H2,1-4H3. The largest absolute Gasteiger partial charge is 0.476 e. The van der Waals surface area contributed by atoms with Gasteiger partial charge in [-0.1, -0.05) is 13.8 Å². The minimum absolute atomic E-state index is 0.158. The second kappa shape index (κ2) is 6.83. The van der Waals surface area contributed by atoms with Crippen LogP contribution in [0.5, 0.6) is 5.88 Å². The van der Waals surface area contributed by atoms with Crippen LogP contribution < -0.4 is 10.1 Å². The van der Waals surface area contributed by atoms with Gasteiger partial charge in [0.15, 0.2) is 0 Å². The molecule has 0 unspecified atom stereocenters. The van der Waals surface area contributed by atoms with Crippen LogP contribution in [0.25, 0.3) is 0 Å². The number of ether oxygens (including phenoxy) is 1. The first kappa shape index (κ1) is 15.9. The molecular formula is C12H21N3O3S. The third-order valence-corrected chi connectivity index (χ3v) is 4.19. The Morgan fingerprint density at radius 1 is 1.37 bits per heavy atom. The number of rotatable bonds is 7. The Morgan fingerprint density at radius 3 is 2.53 bits per heavy atom. The molecule has 0 radical (unpaired) electrons. The molecule has 108 valence electrons. The van der Waals surface area contributed by atoms with Crippen LogP contribution in [0.1, 0.15) is 13.8 Å². The third kappa shape index (κ3) is 4.77. The van der Waals surface area contributed by atoms with Crippen molar-refractivity contribution in [3.8, 4) is 5.88 Å². The highest BCUT2D eigenvalue weighted by Gasteiger charge is 2.17. The summed E-state index contributed by atoms with van der Waals surface area (Å²) >= 11 is 0. The first-order chi connectivity index (χ1) is 8.84. The molecule has 1 N–H and O–H groups in total. The number of pyridine rings is 1. The predicted molar refractivity (Wildman–Crippen MR) is 73.7 cm³/mol. The zero-order valence-corrected chi connectivity index (χ0v) is 12.6. The van der Waals surface area contributed by atoms with Gasteiger partial charge in [-0.15, -0.1) is 0 Å². The molecule has 1 rings (SSSR count). The number of nitrogens with zero attached hydrogens (tertiary/aromatic N) is 2. The molecule has 19 heavy (non-hydrogen) atoms. The molecule has 0 spiro atoms. The maximum absolute atomic E-state index is 11.8. The van der Waals surface area contributed by atoms with Crippen LogP contribution in [0.4, 0.5) is 0 Å². The minimum Gasteiger partial charge on any atom is -0.476 e. The first-order valence-electron chi connectivity index (χ1n) is 6.09. The number of hydrogen-bond donors (Lipinski definition) is 1. The Morgan fingerprint density at radius 2 is 2.05 bits per heavy atom. The quantitative estimate of drug-likeness (QED) is 0.748. The molecule has 0 aromatic carbocycles. The Hall–Kier alpha value is -1.18. The van der Waals surface area contributed by atoms with Gasteiger partial charge in [0.2, 0.25) is 15.9 Å². The van der Waals surface area contributed by atoms with Gasteiger partial charge < -0.3 is 10.1 Å². The lowest BCUT2D eigenvalue weighted by Crippen LogP contribution is -2.27. The fraction of sp³-hybridized carbons (Fsp3) is 0.583. The van der Waals surface area contributed by atoms with Gasteiger partial charge in [0, 0.05) is 32.7 Å². The van der Waals surface area contributed by atoms with Crippen LogP contribution in [0.2, 0.25) is 0 Å². The molecule has 0 atom stereocenters. The van der Waals surface area contributed by atoms with Crippen LogP contribution in [0, 0.1) is 0 Å². The van der Waals surface area contributed by atoms with E-state index in [0.29, 0.717) is 18.5 Å². The summed E-state index contributed by atoms with van der Waals surface area (Å²) in [6.45, 7) is 5.32. The Bertz CT molecular complexity index is 483. The lowest BCUT2D eigenvalue weighted by atomic mass is 10.4. The molecule has 1 aromatic heterocycles. The fourth-order valence-corrected chi connectivity index (χ4v) is 2.17. The Balaban J connectivity index is 2.58. The molecule has 1 aromatic rings. The van der Waals surface area contributed by atoms with Crippen molar-refractivity contribution in [3.05, 3.63) is 18.3 Å². The highest BCUT2D eigenvalue weighted by Crippen LogP contribution is 2.14. The summed E-state index contributed by atoms with van der Waals surface area (Å²) in [5.74, 6) is 0.420. The highest BCUT2D eigenvalue weighted by atomic mass is 32.2. The van der Waals surface area contributed by atoms with Crippen molar-refractivity contribution < 1.29 is 13.2 Å². The third-order valence-electron chi connectivity index (χ3n) is 2.39. The number of nitrogens with one attached hydrogen (secondary N) is 1. The van der Waals surface area contributed by atoms with E-state index in [-0.39, 0.29) is 4.90 Å². The molecule has 0 amide bonds. The van der Waals surface area contributed by atoms with Gasteiger partial charge in [-0.2, -0.15) is 0 Å². The van der Waals surface area contributed by atoms with Crippen molar-refractivity contribution >= 4 is 10.0 Å². The summed E-state index contributed by atoms with van der Waals surface area (Å²) in [6.07, 6.45) is 1.31. The second-order valence-electron chi connectivity index (χ2n) is 4.58. The van der Waals surface area contributed by atoms with Crippen LogP contribution in [0.15, 0.2) is 23.2 Å². The van der Waals surface area contributed by atoms with E-state index in [4.69, 9.17) is 4.74 Å². The van der Waals surface area contributed by atoms with E-state index in [1.807, 2.05) is 0 Å². The molecule has 0 saturated heterocycles. The van der Waals surface area contributed by atoms with Crippen molar-refractivity contribution in [1.82, 2.24) is 14.6 Å².